The van der Waals surface area contributed by atoms with Crippen LogP contribution in [0.25, 0.3) is 16.7 Å². The fourth-order valence-corrected chi connectivity index (χ4v) is 2.31. The smallest absolute Gasteiger partial charge is 0.301 e. The molecule has 0 aliphatic heterocycles. The van der Waals surface area contributed by atoms with Gasteiger partial charge < -0.3 is 4.57 Å². The number of nitrogens with zero attached hydrogens (tertiary/aromatic N) is 4. The molecule has 4 nitrogen and oxygen atoms in total. The van der Waals surface area contributed by atoms with Gasteiger partial charge in [-0.05, 0) is 29.8 Å². The van der Waals surface area contributed by atoms with Gasteiger partial charge in [-0.3, -0.25) is 0 Å². The maximum absolute atomic E-state index is 13.1. The predicted octanol–water partition coefficient (Wildman–Crippen LogP) is 3.96. The molecule has 110 valence electrons. The number of hydrogen-bond acceptors (Lipinski definition) is 3. The lowest BCUT2D eigenvalue weighted by Gasteiger charge is -2.13. The van der Waals surface area contributed by atoms with Crippen molar-refractivity contribution in [1.82, 2.24) is 14.5 Å². The van der Waals surface area contributed by atoms with Crippen LogP contribution in [0.4, 0.5) is 13.2 Å². The number of aromatic nitrogens is 3. The second-order valence-corrected chi connectivity index (χ2v) is 4.75. The van der Waals surface area contributed by atoms with Gasteiger partial charge in [0.05, 0.1) is 17.1 Å². The van der Waals surface area contributed by atoms with E-state index in [0.29, 0.717) is 22.7 Å². The van der Waals surface area contributed by atoms with Gasteiger partial charge in [-0.2, -0.15) is 23.4 Å². The number of alkyl halides is 3. The minimum Gasteiger partial charge on any atom is -0.301 e. The van der Waals surface area contributed by atoms with E-state index < -0.39 is 11.7 Å². The van der Waals surface area contributed by atoms with Crippen molar-refractivity contribution in [3.05, 3.63) is 53.1 Å². The van der Waals surface area contributed by atoms with Crippen LogP contribution in [-0.4, -0.2) is 14.5 Å². The molecule has 0 bridgehead atoms. The Hall–Kier alpha value is -2.59. The molecule has 1 aromatic carbocycles. The molecule has 0 fully saturated rings. The van der Waals surface area contributed by atoms with E-state index in [1.54, 1.807) is 24.3 Å². The highest BCUT2D eigenvalue weighted by Crippen LogP contribution is 2.34. The van der Waals surface area contributed by atoms with Crippen LogP contribution < -0.4 is 0 Å². The molecule has 0 aliphatic carbocycles. The quantitative estimate of drug-likeness (QED) is 0.637. The van der Waals surface area contributed by atoms with E-state index in [1.165, 1.54) is 10.8 Å². The van der Waals surface area contributed by atoms with Gasteiger partial charge in [-0.1, -0.05) is 6.07 Å². The van der Waals surface area contributed by atoms with Gasteiger partial charge in [0.15, 0.2) is 5.82 Å². The molecule has 0 saturated heterocycles. The fourth-order valence-electron chi connectivity index (χ4n) is 2.19. The summed E-state index contributed by atoms with van der Waals surface area (Å²) >= 11 is 5.64. The van der Waals surface area contributed by atoms with Crippen LogP contribution in [0.1, 0.15) is 11.1 Å². The summed E-state index contributed by atoms with van der Waals surface area (Å²) in [5.41, 5.74) is -0.207. The lowest BCUT2D eigenvalue weighted by atomic mass is 10.1. The molecule has 0 amide bonds. The lowest BCUT2D eigenvalue weighted by molar-refractivity contribution is -0.137. The Morgan fingerprint density at radius 2 is 2.00 bits per heavy atom. The van der Waals surface area contributed by atoms with Crippen LogP contribution in [0, 0.1) is 11.3 Å². The normalized spacial score (nSPS) is 11.6. The first-order valence-electron chi connectivity index (χ1n) is 6.02. The summed E-state index contributed by atoms with van der Waals surface area (Å²) in [6, 6.07) is 8.34. The van der Waals surface area contributed by atoms with E-state index in [4.69, 9.17) is 16.9 Å². The van der Waals surface area contributed by atoms with E-state index in [0.717, 1.165) is 0 Å². The third-order valence-electron chi connectivity index (χ3n) is 3.13. The Morgan fingerprint density at radius 3 is 2.68 bits per heavy atom. The van der Waals surface area contributed by atoms with E-state index in [9.17, 15) is 13.2 Å². The van der Waals surface area contributed by atoms with Gasteiger partial charge in [0, 0.05) is 17.8 Å². The summed E-state index contributed by atoms with van der Waals surface area (Å²) in [7, 11) is 0. The summed E-state index contributed by atoms with van der Waals surface area (Å²) in [6.07, 6.45) is -2.56. The zero-order valence-electron chi connectivity index (χ0n) is 10.8. The molecular weight excluding hydrogens is 317 g/mol. The highest BCUT2D eigenvalue weighted by Gasteiger charge is 2.36. The van der Waals surface area contributed by atoms with Crippen molar-refractivity contribution >= 4 is 22.5 Å². The van der Waals surface area contributed by atoms with Crippen LogP contribution in [0.15, 0.2) is 36.7 Å². The highest BCUT2D eigenvalue weighted by molar-refractivity contribution is 6.28. The molecular formula is C14H6ClF3N4. The van der Waals surface area contributed by atoms with Crippen molar-refractivity contribution in [1.29, 1.82) is 5.26 Å². The Morgan fingerprint density at radius 1 is 1.23 bits per heavy atom. The number of benzene rings is 1. The van der Waals surface area contributed by atoms with Crippen molar-refractivity contribution in [2.45, 2.75) is 6.18 Å². The second-order valence-electron chi connectivity index (χ2n) is 4.41. The molecule has 0 radical (unpaired) electrons. The standard InChI is InChI=1S/C14H6ClF3N4/c15-13-20-7-10(14(16,17)18)12(21-13)22-5-4-9-8(6-19)2-1-3-11(9)22/h1-5,7H. The first kappa shape index (κ1) is 14.4. The summed E-state index contributed by atoms with van der Waals surface area (Å²) < 4.78 is 40.6. The third-order valence-corrected chi connectivity index (χ3v) is 3.31. The Balaban J connectivity index is 2.34. The average molecular weight is 323 g/mol. The van der Waals surface area contributed by atoms with Crippen molar-refractivity contribution in [2.24, 2.45) is 0 Å². The first-order chi connectivity index (χ1) is 10.4. The van der Waals surface area contributed by atoms with Crippen LogP contribution >= 0.6 is 11.6 Å². The maximum Gasteiger partial charge on any atom is 0.421 e. The second kappa shape index (κ2) is 5.00. The molecule has 8 heteroatoms. The van der Waals surface area contributed by atoms with Crippen LogP contribution in [-0.2, 0) is 6.18 Å². The van der Waals surface area contributed by atoms with Gasteiger partial charge >= 0.3 is 6.18 Å². The van der Waals surface area contributed by atoms with Gasteiger partial charge in [-0.25, -0.2) is 4.98 Å². The molecule has 2 heterocycles. The third kappa shape index (κ3) is 2.27. The van der Waals surface area contributed by atoms with E-state index >= 15 is 0 Å². The maximum atomic E-state index is 13.1. The number of nitriles is 1. The molecule has 2 aromatic heterocycles. The molecule has 3 aromatic rings. The summed E-state index contributed by atoms with van der Waals surface area (Å²) in [5, 5.41) is 9.30. The fraction of sp³-hybridized carbons (Fsp3) is 0.0714. The molecule has 0 aliphatic rings. The summed E-state index contributed by atoms with van der Waals surface area (Å²) in [4.78, 5) is 7.10. The van der Waals surface area contributed by atoms with Gasteiger partial charge in [-0.15, -0.1) is 0 Å². The van der Waals surface area contributed by atoms with Crippen molar-refractivity contribution < 1.29 is 13.2 Å². The average Bonchev–Trinajstić information content (AvgIpc) is 2.89. The molecule has 3 rings (SSSR count). The van der Waals surface area contributed by atoms with Crippen molar-refractivity contribution in [2.75, 3.05) is 0 Å². The molecule has 22 heavy (non-hydrogen) atoms. The minimum absolute atomic E-state index is 0.290. The predicted molar refractivity (Wildman–Crippen MR) is 73.6 cm³/mol. The number of hydrogen-bond donors (Lipinski definition) is 0. The van der Waals surface area contributed by atoms with E-state index in [-0.39, 0.29) is 11.1 Å². The zero-order chi connectivity index (χ0) is 15.9. The van der Waals surface area contributed by atoms with E-state index in [2.05, 4.69) is 9.97 Å². The molecule has 0 N–H and O–H groups in total. The molecule has 0 saturated carbocycles. The number of rotatable bonds is 1. The Kier molecular flexibility index (Phi) is 3.26. The SMILES string of the molecule is N#Cc1cccc2c1ccn2-c1nc(Cl)ncc1C(F)(F)F. The van der Waals surface area contributed by atoms with Crippen molar-refractivity contribution in [3.63, 3.8) is 0 Å². The van der Waals surface area contributed by atoms with E-state index in [1.807, 2.05) is 6.07 Å². The number of halogens is 4. The Labute approximate surface area is 127 Å². The first-order valence-corrected chi connectivity index (χ1v) is 6.40. The molecule has 0 spiro atoms. The summed E-state index contributed by atoms with van der Waals surface area (Å²) in [6.45, 7) is 0. The van der Waals surface area contributed by atoms with Crippen LogP contribution in [0.5, 0.6) is 0 Å². The largest absolute Gasteiger partial charge is 0.421 e. The van der Waals surface area contributed by atoms with Crippen molar-refractivity contribution in [3.8, 4) is 11.9 Å². The molecule has 0 atom stereocenters. The lowest BCUT2D eigenvalue weighted by Crippen LogP contribution is -2.13. The van der Waals surface area contributed by atoms with Crippen LogP contribution in [0.3, 0.4) is 0 Å². The van der Waals surface area contributed by atoms with Gasteiger partial charge in [0.25, 0.3) is 0 Å². The molecule has 0 unspecified atom stereocenters. The summed E-state index contributed by atoms with van der Waals surface area (Å²) in [5.74, 6) is -0.377. The minimum atomic E-state index is -4.62. The zero-order valence-corrected chi connectivity index (χ0v) is 11.5. The Bertz CT molecular complexity index is 909. The van der Waals surface area contributed by atoms with Gasteiger partial charge in [0.1, 0.15) is 5.56 Å². The van der Waals surface area contributed by atoms with Crippen LogP contribution in [0.2, 0.25) is 5.28 Å². The topological polar surface area (TPSA) is 54.5 Å². The number of fused-ring (bicyclic) bond motifs is 1. The highest BCUT2D eigenvalue weighted by atomic mass is 35.5. The van der Waals surface area contributed by atoms with Gasteiger partial charge in [0.2, 0.25) is 5.28 Å². The monoisotopic (exact) mass is 322 g/mol.